The van der Waals surface area contributed by atoms with E-state index >= 15 is 0 Å². The third kappa shape index (κ3) is 2.39. The molecule has 0 aromatic heterocycles. The highest BCUT2D eigenvalue weighted by Gasteiger charge is 2.31. The summed E-state index contributed by atoms with van der Waals surface area (Å²) in [4.78, 5) is 26.0. The Morgan fingerprint density at radius 2 is 1.73 bits per heavy atom. The van der Waals surface area contributed by atoms with Crippen molar-refractivity contribution in [2.45, 2.75) is 6.92 Å². The Labute approximate surface area is 129 Å². The predicted molar refractivity (Wildman–Crippen MR) is 86.3 cm³/mol. The van der Waals surface area contributed by atoms with Crippen molar-refractivity contribution in [2.24, 2.45) is 0 Å². The molecule has 0 saturated heterocycles. The summed E-state index contributed by atoms with van der Waals surface area (Å²) in [5, 5.41) is 2.83. The minimum Gasteiger partial charge on any atom is -0.324 e. The number of hydrogen-bond acceptors (Lipinski definition) is 2. The molecule has 0 spiro atoms. The fourth-order valence-electron chi connectivity index (χ4n) is 2.55. The fourth-order valence-corrected chi connectivity index (χ4v) is 2.55. The maximum absolute atomic E-state index is 12.3. The molecule has 0 bridgehead atoms. The Morgan fingerprint density at radius 3 is 2.41 bits per heavy atom. The Hall–Kier alpha value is -2.88. The Morgan fingerprint density at radius 1 is 1.09 bits per heavy atom. The van der Waals surface area contributed by atoms with Crippen molar-refractivity contribution in [2.75, 3.05) is 11.9 Å². The van der Waals surface area contributed by atoms with Crippen molar-refractivity contribution in [1.29, 1.82) is 0 Å². The molecule has 0 unspecified atom stereocenters. The van der Waals surface area contributed by atoms with Crippen LogP contribution >= 0.6 is 0 Å². The van der Waals surface area contributed by atoms with Gasteiger partial charge in [0.25, 0.3) is 5.91 Å². The highest BCUT2D eigenvalue weighted by Crippen LogP contribution is 2.30. The number of hydrogen-bond donors (Lipinski definition) is 1. The molecular weight excluding hydrogens is 276 g/mol. The number of nitrogens with one attached hydrogen (secondary N) is 1. The van der Waals surface area contributed by atoms with Gasteiger partial charge in [-0.25, -0.2) is 0 Å². The van der Waals surface area contributed by atoms with Gasteiger partial charge in [0.2, 0.25) is 5.91 Å². The number of carbonyl (C=O) groups excluding carboxylic acids is 2. The van der Waals surface area contributed by atoms with E-state index in [4.69, 9.17) is 0 Å². The topological polar surface area (TPSA) is 49.4 Å². The molecule has 1 aliphatic heterocycles. The second-order valence-corrected chi connectivity index (χ2v) is 5.25. The zero-order valence-corrected chi connectivity index (χ0v) is 12.3. The first-order valence-corrected chi connectivity index (χ1v) is 7.03. The lowest BCUT2D eigenvalue weighted by Gasteiger charge is -2.17. The largest absolute Gasteiger partial charge is 0.324 e. The van der Waals surface area contributed by atoms with Crippen molar-refractivity contribution in [1.82, 2.24) is 4.90 Å². The molecule has 110 valence electrons. The Balaban J connectivity index is 1.75. The summed E-state index contributed by atoms with van der Waals surface area (Å²) in [7, 11) is 0. The number of aryl methyl sites for hydroxylation is 1. The SMILES string of the molecule is C=C1c2ccccc2C(=O)N1CC(=O)Nc1ccccc1C. The van der Waals surface area contributed by atoms with E-state index in [1.165, 1.54) is 4.90 Å². The molecule has 2 aromatic carbocycles. The summed E-state index contributed by atoms with van der Waals surface area (Å²) >= 11 is 0. The minimum atomic E-state index is -0.239. The average Bonchev–Trinajstić information content (AvgIpc) is 2.75. The molecule has 2 amide bonds. The molecule has 0 fully saturated rings. The third-order valence-corrected chi connectivity index (χ3v) is 3.76. The number of rotatable bonds is 3. The van der Waals surface area contributed by atoms with Gasteiger partial charge >= 0.3 is 0 Å². The van der Waals surface area contributed by atoms with Gasteiger partial charge in [0.1, 0.15) is 6.54 Å². The Bertz CT molecular complexity index is 745. The molecule has 0 atom stereocenters. The van der Waals surface area contributed by atoms with Crippen LogP contribution in [0.3, 0.4) is 0 Å². The highest BCUT2D eigenvalue weighted by atomic mass is 16.2. The summed E-state index contributed by atoms with van der Waals surface area (Å²) in [6.45, 7) is 5.81. The molecule has 1 heterocycles. The van der Waals surface area contributed by atoms with Gasteiger partial charge < -0.3 is 5.32 Å². The van der Waals surface area contributed by atoms with Gasteiger partial charge in [0, 0.05) is 22.5 Å². The summed E-state index contributed by atoms with van der Waals surface area (Å²) in [6, 6.07) is 14.8. The van der Waals surface area contributed by atoms with E-state index in [-0.39, 0.29) is 18.4 Å². The molecule has 4 nitrogen and oxygen atoms in total. The van der Waals surface area contributed by atoms with Crippen LogP contribution in [-0.4, -0.2) is 23.3 Å². The fraction of sp³-hybridized carbons (Fsp3) is 0.111. The van der Waals surface area contributed by atoms with Crippen LogP contribution in [0.15, 0.2) is 55.1 Å². The van der Waals surface area contributed by atoms with Crippen LogP contribution < -0.4 is 5.32 Å². The van der Waals surface area contributed by atoms with Crippen LogP contribution in [0.25, 0.3) is 5.70 Å². The van der Waals surface area contributed by atoms with Crippen LogP contribution in [0.1, 0.15) is 21.5 Å². The van der Waals surface area contributed by atoms with Gasteiger partial charge in [-0.3, -0.25) is 14.5 Å². The molecule has 0 aliphatic carbocycles. The van der Waals surface area contributed by atoms with Crippen molar-refractivity contribution in [3.05, 3.63) is 71.8 Å². The number of nitrogens with zero attached hydrogens (tertiary/aromatic N) is 1. The Kier molecular flexibility index (Phi) is 3.51. The van der Waals surface area contributed by atoms with E-state index in [9.17, 15) is 9.59 Å². The maximum Gasteiger partial charge on any atom is 0.259 e. The number of anilines is 1. The quantitative estimate of drug-likeness (QED) is 0.945. The van der Waals surface area contributed by atoms with E-state index in [0.717, 1.165) is 16.8 Å². The van der Waals surface area contributed by atoms with Gasteiger partial charge in [-0.2, -0.15) is 0 Å². The minimum absolute atomic E-state index is 0.0410. The van der Waals surface area contributed by atoms with E-state index in [2.05, 4.69) is 11.9 Å². The molecule has 1 N–H and O–H groups in total. The zero-order chi connectivity index (χ0) is 15.7. The van der Waals surface area contributed by atoms with Crippen LogP contribution in [0.2, 0.25) is 0 Å². The van der Waals surface area contributed by atoms with Crippen LogP contribution in [0.4, 0.5) is 5.69 Å². The summed E-state index contributed by atoms with van der Waals surface area (Å²) in [5.74, 6) is -0.419. The molecule has 0 saturated carbocycles. The molecule has 1 aliphatic rings. The number of carbonyl (C=O) groups is 2. The molecule has 4 heteroatoms. The van der Waals surface area contributed by atoms with Crippen LogP contribution in [-0.2, 0) is 4.79 Å². The number of benzene rings is 2. The van der Waals surface area contributed by atoms with Gasteiger partial charge in [-0.05, 0) is 24.6 Å². The normalized spacial score (nSPS) is 13.2. The smallest absolute Gasteiger partial charge is 0.259 e. The zero-order valence-electron chi connectivity index (χ0n) is 12.3. The summed E-state index contributed by atoms with van der Waals surface area (Å²) in [5.41, 5.74) is 3.68. The predicted octanol–water partition coefficient (Wildman–Crippen LogP) is 3.06. The number of amides is 2. The van der Waals surface area contributed by atoms with Crippen molar-refractivity contribution >= 4 is 23.2 Å². The molecule has 3 rings (SSSR count). The number of fused-ring (bicyclic) bond motifs is 1. The van der Waals surface area contributed by atoms with Crippen molar-refractivity contribution < 1.29 is 9.59 Å². The first kappa shape index (κ1) is 14.1. The van der Waals surface area contributed by atoms with Crippen molar-refractivity contribution in [3.8, 4) is 0 Å². The lowest BCUT2D eigenvalue weighted by atomic mass is 10.1. The van der Waals surface area contributed by atoms with Gasteiger partial charge in [-0.15, -0.1) is 0 Å². The second-order valence-electron chi connectivity index (χ2n) is 5.25. The molecule has 2 aromatic rings. The number of para-hydroxylation sites is 1. The summed E-state index contributed by atoms with van der Waals surface area (Å²) in [6.07, 6.45) is 0. The van der Waals surface area contributed by atoms with Gasteiger partial charge in [0.15, 0.2) is 0 Å². The standard InChI is InChI=1S/C18H16N2O2/c1-12-7-3-6-10-16(12)19-17(21)11-20-13(2)14-8-4-5-9-15(14)18(20)22/h3-10H,2,11H2,1H3,(H,19,21). The van der Waals surface area contributed by atoms with Crippen LogP contribution in [0, 0.1) is 6.92 Å². The van der Waals surface area contributed by atoms with Crippen molar-refractivity contribution in [3.63, 3.8) is 0 Å². The van der Waals surface area contributed by atoms with E-state index in [1.54, 1.807) is 12.1 Å². The average molecular weight is 292 g/mol. The van der Waals surface area contributed by atoms with E-state index < -0.39 is 0 Å². The second kappa shape index (κ2) is 5.48. The van der Waals surface area contributed by atoms with Gasteiger partial charge in [-0.1, -0.05) is 43.0 Å². The first-order chi connectivity index (χ1) is 10.6. The first-order valence-electron chi connectivity index (χ1n) is 7.03. The monoisotopic (exact) mass is 292 g/mol. The maximum atomic E-state index is 12.3. The molecule has 0 radical (unpaired) electrons. The lowest BCUT2D eigenvalue weighted by Crippen LogP contribution is -2.32. The molecule has 22 heavy (non-hydrogen) atoms. The van der Waals surface area contributed by atoms with Gasteiger partial charge in [0.05, 0.1) is 0 Å². The summed E-state index contributed by atoms with van der Waals surface area (Å²) < 4.78 is 0. The van der Waals surface area contributed by atoms with E-state index in [1.807, 2.05) is 43.3 Å². The van der Waals surface area contributed by atoms with Crippen LogP contribution in [0.5, 0.6) is 0 Å². The third-order valence-electron chi connectivity index (χ3n) is 3.76. The highest BCUT2D eigenvalue weighted by molar-refractivity contribution is 6.11. The van der Waals surface area contributed by atoms with E-state index in [0.29, 0.717) is 11.3 Å². The lowest BCUT2D eigenvalue weighted by molar-refractivity contribution is -0.116. The molecular formula is C18H16N2O2.